The average molecular weight is 380 g/mol. The van der Waals surface area contributed by atoms with Crippen LogP contribution in [0.5, 0.6) is 5.75 Å². The van der Waals surface area contributed by atoms with Crippen molar-refractivity contribution in [2.45, 2.75) is 11.8 Å². The number of carbonyl (C=O) groups excluding carboxylic acids is 2. The summed E-state index contributed by atoms with van der Waals surface area (Å²) in [5, 5.41) is 2.57. The predicted octanol–water partition coefficient (Wildman–Crippen LogP) is 2.01. The summed E-state index contributed by atoms with van der Waals surface area (Å²) in [5.41, 5.74) is 0.535. The number of hydrogen-bond donors (Lipinski definition) is 1. The first-order valence-electron chi connectivity index (χ1n) is 7.49. The van der Waals surface area contributed by atoms with Crippen LogP contribution in [0.25, 0.3) is 0 Å². The van der Waals surface area contributed by atoms with Gasteiger partial charge < -0.3 is 10.1 Å². The van der Waals surface area contributed by atoms with Gasteiger partial charge in [0.05, 0.1) is 4.90 Å². The van der Waals surface area contributed by atoms with Crippen molar-refractivity contribution >= 4 is 27.6 Å². The Morgan fingerprint density at radius 2 is 1.65 bits per heavy atom. The number of anilines is 1. The second-order valence-corrected chi connectivity index (χ2v) is 7.44. The number of esters is 1. The predicted molar refractivity (Wildman–Crippen MR) is 92.6 cm³/mol. The number of rotatable bonds is 6. The number of ether oxygens (including phenoxy) is 1. The summed E-state index contributed by atoms with van der Waals surface area (Å²) in [5.74, 6) is -1.38. The molecule has 0 spiro atoms. The number of sulfonamides is 1. The van der Waals surface area contributed by atoms with E-state index in [-0.39, 0.29) is 16.6 Å². The SMILES string of the molecule is CC(=O)Nc1ccc(OC(=O)CN(C)S(=O)(=O)c2ccc(F)cc2)cc1. The maximum absolute atomic E-state index is 12.9. The van der Waals surface area contributed by atoms with Gasteiger partial charge in [-0.2, -0.15) is 4.31 Å². The van der Waals surface area contributed by atoms with Gasteiger partial charge in [-0.15, -0.1) is 0 Å². The van der Waals surface area contributed by atoms with E-state index in [9.17, 15) is 22.4 Å². The van der Waals surface area contributed by atoms with Gasteiger partial charge in [-0.25, -0.2) is 12.8 Å². The molecule has 26 heavy (non-hydrogen) atoms. The maximum atomic E-state index is 12.9. The number of amides is 1. The molecule has 1 N–H and O–H groups in total. The van der Waals surface area contributed by atoms with Crippen LogP contribution in [0.15, 0.2) is 53.4 Å². The third-order valence-electron chi connectivity index (χ3n) is 3.28. The summed E-state index contributed by atoms with van der Waals surface area (Å²) in [6, 6.07) is 10.3. The Kier molecular flexibility index (Phi) is 6.06. The van der Waals surface area contributed by atoms with Gasteiger partial charge in [-0.1, -0.05) is 0 Å². The molecule has 2 aromatic rings. The molecule has 7 nitrogen and oxygen atoms in total. The maximum Gasteiger partial charge on any atom is 0.326 e. The highest BCUT2D eigenvalue weighted by atomic mass is 32.2. The zero-order chi connectivity index (χ0) is 19.3. The van der Waals surface area contributed by atoms with E-state index in [0.717, 1.165) is 28.6 Å². The molecule has 0 aromatic heterocycles. The van der Waals surface area contributed by atoms with E-state index in [1.165, 1.54) is 26.1 Å². The van der Waals surface area contributed by atoms with Crippen molar-refractivity contribution < 1.29 is 27.1 Å². The van der Waals surface area contributed by atoms with Gasteiger partial charge in [-0.3, -0.25) is 9.59 Å². The minimum Gasteiger partial charge on any atom is -0.426 e. The Labute approximate surface area is 150 Å². The zero-order valence-electron chi connectivity index (χ0n) is 14.1. The number of halogens is 1. The number of benzene rings is 2. The molecule has 0 saturated carbocycles. The van der Waals surface area contributed by atoms with E-state index in [4.69, 9.17) is 4.74 Å². The molecule has 2 aromatic carbocycles. The van der Waals surface area contributed by atoms with Gasteiger partial charge in [0.1, 0.15) is 18.1 Å². The monoisotopic (exact) mass is 380 g/mol. The molecule has 0 aliphatic rings. The smallest absolute Gasteiger partial charge is 0.326 e. The van der Waals surface area contributed by atoms with Crippen molar-refractivity contribution in [2.75, 3.05) is 18.9 Å². The largest absolute Gasteiger partial charge is 0.426 e. The lowest BCUT2D eigenvalue weighted by atomic mass is 10.3. The van der Waals surface area contributed by atoms with Crippen LogP contribution in [0.4, 0.5) is 10.1 Å². The molecule has 1 amide bonds. The van der Waals surface area contributed by atoms with Gasteiger partial charge in [-0.05, 0) is 48.5 Å². The Morgan fingerprint density at radius 3 is 2.19 bits per heavy atom. The molecule has 0 aliphatic carbocycles. The number of hydrogen-bond acceptors (Lipinski definition) is 5. The van der Waals surface area contributed by atoms with Crippen molar-refractivity contribution in [3.8, 4) is 5.75 Å². The van der Waals surface area contributed by atoms with Crippen molar-refractivity contribution in [3.63, 3.8) is 0 Å². The second-order valence-electron chi connectivity index (χ2n) is 5.39. The highest BCUT2D eigenvalue weighted by molar-refractivity contribution is 7.89. The summed E-state index contributed by atoms with van der Waals surface area (Å²) >= 11 is 0. The first-order valence-corrected chi connectivity index (χ1v) is 8.93. The lowest BCUT2D eigenvalue weighted by molar-refractivity contribution is -0.134. The van der Waals surface area contributed by atoms with Gasteiger partial charge in [0.2, 0.25) is 15.9 Å². The molecule has 2 rings (SSSR count). The zero-order valence-corrected chi connectivity index (χ0v) is 14.9. The molecular weight excluding hydrogens is 363 g/mol. The molecule has 0 unspecified atom stereocenters. The van der Waals surface area contributed by atoms with Gasteiger partial charge in [0.15, 0.2) is 0 Å². The topological polar surface area (TPSA) is 92.8 Å². The number of nitrogens with zero attached hydrogens (tertiary/aromatic N) is 1. The summed E-state index contributed by atoms with van der Waals surface area (Å²) < 4.78 is 43.5. The van der Waals surface area contributed by atoms with Crippen molar-refractivity contribution in [1.29, 1.82) is 0 Å². The number of nitrogens with one attached hydrogen (secondary N) is 1. The molecule has 0 radical (unpaired) electrons. The van der Waals surface area contributed by atoms with Crippen LogP contribution in [0.3, 0.4) is 0 Å². The fourth-order valence-corrected chi connectivity index (χ4v) is 3.14. The molecule has 138 valence electrons. The Bertz CT molecular complexity index is 896. The Hall–Kier alpha value is -2.78. The Morgan fingerprint density at radius 1 is 1.08 bits per heavy atom. The quantitative estimate of drug-likeness (QED) is 0.611. The van der Waals surface area contributed by atoms with E-state index in [1.54, 1.807) is 12.1 Å². The first kappa shape index (κ1) is 19.5. The summed E-state index contributed by atoms with van der Waals surface area (Å²) in [6.45, 7) is 0.846. The normalized spacial score (nSPS) is 11.2. The fraction of sp³-hybridized carbons (Fsp3) is 0.176. The first-order chi connectivity index (χ1) is 12.2. The van der Waals surface area contributed by atoms with Gasteiger partial charge in [0, 0.05) is 19.7 Å². The van der Waals surface area contributed by atoms with Crippen LogP contribution in [0, 0.1) is 5.82 Å². The van der Waals surface area contributed by atoms with Crippen molar-refractivity contribution in [2.24, 2.45) is 0 Å². The molecular formula is C17H17FN2O5S. The minimum atomic E-state index is -3.94. The van der Waals surface area contributed by atoms with E-state index >= 15 is 0 Å². The van der Waals surface area contributed by atoms with Gasteiger partial charge >= 0.3 is 5.97 Å². The molecule has 0 atom stereocenters. The second kappa shape index (κ2) is 8.07. The number of likely N-dealkylation sites (N-methyl/N-ethyl adjacent to an activating group) is 1. The third-order valence-corrected chi connectivity index (χ3v) is 5.10. The average Bonchev–Trinajstić information content (AvgIpc) is 2.56. The summed E-state index contributed by atoms with van der Waals surface area (Å²) in [4.78, 5) is 22.8. The highest BCUT2D eigenvalue weighted by Crippen LogP contribution is 2.17. The highest BCUT2D eigenvalue weighted by Gasteiger charge is 2.23. The van der Waals surface area contributed by atoms with Crippen LogP contribution in [-0.2, 0) is 19.6 Å². The fourth-order valence-electron chi connectivity index (χ4n) is 2.03. The van der Waals surface area contributed by atoms with Crippen molar-refractivity contribution in [3.05, 3.63) is 54.3 Å². The van der Waals surface area contributed by atoms with E-state index in [0.29, 0.717) is 5.69 Å². The lowest BCUT2D eigenvalue weighted by Crippen LogP contribution is -2.34. The standard InChI is InChI=1S/C17H17FN2O5S/c1-12(21)19-14-5-7-15(8-6-14)25-17(22)11-20(2)26(23,24)16-9-3-13(18)4-10-16/h3-10H,11H2,1-2H3,(H,19,21). The van der Waals surface area contributed by atoms with E-state index < -0.39 is 28.4 Å². The van der Waals surface area contributed by atoms with Crippen LogP contribution in [-0.4, -0.2) is 38.2 Å². The Balaban J connectivity index is 2.00. The van der Waals surface area contributed by atoms with Crippen LogP contribution in [0.1, 0.15) is 6.92 Å². The molecule has 0 bridgehead atoms. The molecule has 0 aliphatic heterocycles. The number of carbonyl (C=O) groups is 2. The van der Waals surface area contributed by atoms with Gasteiger partial charge in [0.25, 0.3) is 0 Å². The van der Waals surface area contributed by atoms with Crippen molar-refractivity contribution in [1.82, 2.24) is 4.31 Å². The summed E-state index contributed by atoms with van der Waals surface area (Å²) in [6.07, 6.45) is 0. The molecule has 0 heterocycles. The van der Waals surface area contributed by atoms with E-state index in [2.05, 4.69) is 5.32 Å². The third kappa shape index (κ3) is 5.11. The van der Waals surface area contributed by atoms with Crippen LogP contribution >= 0.6 is 0 Å². The van der Waals surface area contributed by atoms with E-state index in [1.807, 2.05) is 0 Å². The summed E-state index contributed by atoms with van der Waals surface area (Å²) in [7, 11) is -2.72. The lowest BCUT2D eigenvalue weighted by Gasteiger charge is -2.16. The molecule has 0 saturated heterocycles. The van der Waals surface area contributed by atoms with Crippen LogP contribution < -0.4 is 10.1 Å². The molecule has 0 fully saturated rings. The minimum absolute atomic E-state index is 0.131. The molecule has 9 heteroatoms. The van der Waals surface area contributed by atoms with Crippen LogP contribution in [0.2, 0.25) is 0 Å².